The monoisotopic (exact) mass is 232 g/mol. The van der Waals surface area contributed by atoms with Crippen LogP contribution in [0.5, 0.6) is 0 Å². The normalized spacial score (nSPS) is 27.1. The molecular formula is C13H13ClN2. The second-order valence-electron chi connectivity index (χ2n) is 4.76. The van der Waals surface area contributed by atoms with Crippen molar-refractivity contribution in [3.63, 3.8) is 0 Å². The summed E-state index contributed by atoms with van der Waals surface area (Å²) >= 11 is 6.06. The van der Waals surface area contributed by atoms with Crippen molar-refractivity contribution in [1.82, 2.24) is 0 Å². The van der Waals surface area contributed by atoms with Gasteiger partial charge in [0.1, 0.15) is 6.07 Å². The number of piperidine rings is 1. The van der Waals surface area contributed by atoms with E-state index in [0.29, 0.717) is 16.6 Å². The van der Waals surface area contributed by atoms with Crippen molar-refractivity contribution in [2.24, 2.45) is 5.92 Å². The Bertz CT molecular complexity index is 463. The molecule has 1 saturated carbocycles. The van der Waals surface area contributed by atoms with Gasteiger partial charge < -0.3 is 4.90 Å². The summed E-state index contributed by atoms with van der Waals surface area (Å²) in [5.74, 6) is 0.874. The molecule has 0 N–H and O–H groups in total. The maximum Gasteiger partial charge on any atom is 0.101 e. The topological polar surface area (TPSA) is 27.0 Å². The van der Waals surface area contributed by atoms with Crippen LogP contribution in [0.2, 0.25) is 5.02 Å². The molecule has 1 heterocycles. The first kappa shape index (κ1) is 9.99. The molecule has 2 atom stereocenters. The van der Waals surface area contributed by atoms with Crippen LogP contribution in [0.4, 0.5) is 5.69 Å². The van der Waals surface area contributed by atoms with Crippen LogP contribution in [0.1, 0.15) is 24.8 Å². The first-order valence-electron chi connectivity index (χ1n) is 5.74. The first-order valence-corrected chi connectivity index (χ1v) is 6.12. The lowest BCUT2D eigenvalue weighted by atomic mass is 10.1. The van der Waals surface area contributed by atoms with Crippen molar-refractivity contribution in [1.29, 1.82) is 5.26 Å². The van der Waals surface area contributed by atoms with Crippen LogP contribution in [-0.4, -0.2) is 12.6 Å². The van der Waals surface area contributed by atoms with E-state index in [1.165, 1.54) is 24.9 Å². The molecule has 3 rings (SSSR count). The molecule has 0 amide bonds. The van der Waals surface area contributed by atoms with Crippen molar-refractivity contribution in [3.05, 3.63) is 28.8 Å². The van der Waals surface area contributed by atoms with Gasteiger partial charge in [-0.3, -0.25) is 0 Å². The third-order valence-corrected chi connectivity index (χ3v) is 4.13. The average molecular weight is 233 g/mol. The van der Waals surface area contributed by atoms with Gasteiger partial charge >= 0.3 is 0 Å². The molecule has 1 aliphatic carbocycles. The third kappa shape index (κ3) is 1.47. The summed E-state index contributed by atoms with van der Waals surface area (Å²) in [6.45, 7) is 1.16. The Labute approximate surface area is 100 Å². The quantitative estimate of drug-likeness (QED) is 0.744. The van der Waals surface area contributed by atoms with Gasteiger partial charge in [-0.15, -0.1) is 0 Å². The van der Waals surface area contributed by atoms with E-state index in [0.717, 1.165) is 12.5 Å². The molecule has 16 heavy (non-hydrogen) atoms. The summed E-state index contributed by atoms with van der Waals surface area (Å²) in [5, 5.41) is 9.40. The lowest BCUT2D eigenvalue weighted by molar-refractivity contribution is 0.553. The summed E-state index contributed by atoms with van der Waals surface area (Å²) in [6, 6.07) is 8.57. The summed E-state index contributed by atoms with van der Waals surface area (Å²) < 4.78 is 0. The van der Waals surface area contributed by atoms with Crippen LogP contribution in [-0.2, 0) is 0 Å². The number of benzene rings is 1. The van der Waals surface area contributed by atoms with E-state index in [2.05, 4.69) is 11.0 Å². The summed E-state index contributed by atoms with van der Waals surface area (Å²) in [6.07, 6.45) is 4.02. The molecule has 0 radical (unpaired) electrons. The first-order chi connectivity index (χ1) is 7.78. The van der Waals surface area contributed by atoms with E-state index in [1.807, 2.05) is 18.2 Å². The fourth-order valence-electron chi connectivity index (χ4n) is 3.01. The summed E-state index contributed by atoms with van der Waals surface area (Å²) in [5.41, 5.74) is 1.74. The average Bonchev–Trinajstić information content (AvgIpc) is 2.90. The van der Waals surface area contributed by atoms with Crippen LogP contribution in [0.25, 0.3) is 0 Å². The van der Waals surface area contributed by atoms with Gasteiger partial charge in [0.25, 0.3) is 0 Å². The highest BCUT2D eigenvalue weighted by Gasteiger charge is 2.37. The molecule has 0 aromatic heterocycles. The second kappa shape index (κ2) is 3.68. The molecule has 82 valence electrons. The molecule has 2 fully saturated rings. The third-order valence-electron chi connectivity index (χ3n) is 3.81. The standard InChI is InChI=1S/C13H13ClN2/c14-13-6-12(4-2-10(13)7-15)16-8-9-1-3-11(16)5-9/h2,4,6,9,11H,1,3,5,8H2. The van der Waals surface area contributed by atoms with Gasteiger partial charge in [0.2, 0.25) is 0 Å². The Morgan fingerprint density at radius 1 is 1.38 bits per heavy atom. The zero-order valence-electron chi connectivity index (χ0n) is 8.99. The lowest BCUT2D eigenvalue weighted by Gasteiger charge is -2.29. The maximum absolute atomic E-state index is 8.83. The van der Waals surface area contributed by atoms with Crippen LogP contribution in [0.15, 0.2) is 18.2 Å². The van der Waals surface area contributed by atoms with E-state index in [4.69, 9.17) is 16.9 Å². The molecule has 1 aromatic rings. The van der Waals surface area contributed by atoms with Gasteiger partial charge in [0, 0.05) is 18.3 Å². The largest absolute Gasteiger partial charge is 0.368 e. The molecule has 2 nitrogen and oxygen atoms in total. The van der Waals surface area contributed by atoms with E-state index in [-0.39, 0.29) is 0 Å². The molecule has 1 aliphatic heterocycles. The van der Waals surface area contributed by atoms with Crippen LogP contribution in [0, 0.1) is 17.2 Å². The van der Waals surface area contributed by atoms with Gasteiger partial charge in [-0.1, -0.05) is 11.6 Å². The predicted octanol–water partition coefficient (Wildman–Crippen LogP) is 3.20. The second-order valence-corrected chi connectivity index (χ2v) is 5.17. The van der Waals surface area contributed by atoms with Crippen molar-refractivity contribution in [2.45, 2.75) is 25.3 Å². The zero-order chi connectivity index (χ0) is 11.1. The molecule has 0 spiro atoms. The minimum atomic E-state index is 0.565. The molecule has 3 heteroatoms. The smallest absolute Gasteiger partial charge is 0.101 e. The molecule has 2 unspecified atom stereocenters. The van der Waals surface area contributed by atoms with E-state index >= 15 is 0 Å². The number of nitrogens with zero attached hydrogens (tertiary/aromatic N) is 2. The van der Waals surface area contributed by atoms with E-state index < -0.39 is 0 Å². The summed E-state index contributed by atoms with van der Waals surface area (Å²) in [7, 11) is 0. The van der Waals surface area contributed by atoms with E-state index in [9.17, 15) is 0 Å². The van der Waals surface area contributed by atoms with Gasteiger partial charge in [-0.05, 0) is 43.4 Å². The molecule has 2 bridgehead atoms. The molecular weight excluding hydrogens is 220 g/mol. The van der Waals surface area contributed by atoms with Crippen LogP contribution < -0.4 is 4.90 Å². The van der Waals surface area contributed by atoms with E-state index in [1.54, 1.807) is 0 Å². The number of rotatable bonds is 1. The Hall–Kier alpha value is -1.20. The predicted molar refractivity (Wildman–Crippen MR) is 64.6 cm³/mol. The maximum atomic E-state index is 8.83. The van der Waals surface area contributed by atoms with Crippen molar-refractivity contribution >= 4 is 17.3 Å². The Kier molecular flexibility index (Phi) is 2.29. The Morgan fingerprint density at radius 3 is 2.81 bits per heavy atom. The minimum Gasteiger partial charge on any atom is -0.368 e. The fourth-order valence-corrected chi connectivity index (χ4v) is 3.23. The Balaban J connectivity index is 1.91. The zero-order valence-corrected chi connectivity index (χ0v) is 9.74. The van der Waals surface area contributed by atoms with Gasteiger partial charge in [-0.2, -0.15) is 5.26 Å². The number of hydrogen-bond acceptors (Lipinski definition) is 2. The number of fused-ring (bicyclic) bond motifs is 2. The number of anilines is 1. The molecule has 2 aliphatic rings. The van der Waals surface area contributed by atoms with Gasteiger partial charge in [0.05, 0.1) is 10.6 Å². The van der Waals surface area contributed by atoms with Gasteiger partial charge in [0.15, 0.2) is 0 Å². The molecule has 1 aromatic carbocycles. The SMILES string of the molecule is N#Cc1ccc(N2CC3CCC2C3)cc1Cl. The van der Waals surface area contributed by atoms with Crippen molar-refractivity contribution in [3.8, 4) is 6.07 Å². The number of hydrogen-bond donors (Lipinski definition) is 0. The van der Waals surface area contributed by atoms with Crippen molar-refractivity contribution < 1.29 is 0 Å². The fraction of sp³-hybridized carbons (Fsp3) is 0.462. The van der Waals surface area contributed by atoms with Crippen molar-refractivity contribution in [2.75, 3.05) is 11.4 Å². The summed E-state index contributed by atoms with van der Waals surface area (Å²) in [4.78, 5) is 2.45. The van der Waals surface area contributed by atoms with Crippen LogP contribution >= 0.6 is 11.6 Å². The number of halogens is 1. The Morgan fingerprint density at radius 2 is 2.25 bits per heavy atom. The lowest BCUT2D eigenvalue weighted by Crippen LogP contribution is -2.31. The van der Waals surface area contributed by atoms with Gasteiger partial charge in [-0.25, -0.2) is 0 Å². The minimum absolute atomic E-state index is 0.565. The van der Waals surface area contributed by atoms with Crippen LogP contribution in [0.3, 0.4) is 0 Å². The highest BCUT2D eigenvalue weighted by Crippen LogP contribution is 2.40. The highest BCUT2D eigenvalue weighted by molar-refractivity contribution is 6.32. The highest BCUT2D eigenvalue weighted by atomic mass is 35.5. The number of nitriles is 1. The molecule has 1 saturated heterocycles.